The Kier molecular flexibility index (Phi) is 7.36. The van der Waals surface area contributed by atoms with E-state index in [1.165, 1.54) is 61.3 Å². The predicted molar refractivity (Wildman–Crippen MR) is 229 cm³/mol. The van der Waals surface area contributed by atoms with Gasteiger partial charge in [0.1, 0.15) is 11.5 Å². The van der Waals surface area contributed by atoms with Crippen molar-refractivity contribution in [2.45, 2.75) is 97.8 Å². The first-order chi connectivity index (χ1) is 25.4. The van der Waals surface area contributed by atoms with Crippen molar-refractivity contribution in [2.75, 3.05) is 4.90 Å². The lowest BCUT2D eigenvalue weighted by atomic mass is 9.33. The number of aromatic nitrogens is 1. The van der Waals surface area contributed by atoms with Gasteiger partial charge in [0.15, 0.2) is 0 Å². The Hall–Kier alpha value is -5.09. The van der Waals surface area contributed by atoms with Crippen LogP contribution in [-0.4, -0.2) is 11.7 Å². The lowest BCUT2D eigenvalue weighted by Crippen LogP contribution is -2.61. The van der Waals surface area contributed by atoms with Crippen molar-refractivity contribution in [2.24, 2.45) is 0 Å². The van der Waals surface area contributed by atoms with Crippen LogP contribution in [0.15, 0.2) is 109 Å². The fraction of sp³-hybridized carbons (Fsp3) is 0.300. The highest BCUT2D eigenvalue weighted by Gasteiger charge is 2.49. The second-order valence-electron chi connectivity index (χ2n) is 19.4. The van der Waals surface area contributed by atoms with E-state index in [9.17, 15) is 0 Å². The molecule has 9 rings (SSSR count). The van der Waals surface area contributed by atoms with Crippen molar-refractivity contribution < 1.29 is 4.74 Å². The highest BCUT2D eigenvalue weighted by Crippen LogP contribution is 2.55. The van der Waals surface area contributed by atoms with E-state index in [-0.39, 0.29) is 28.4 Å². The molecule has 0 saturated heterocycles. The lowest BCUT2D eigenvalue weighted by molar-refractivity contribution is 0.486. The van der Waals surface area contributed by atoms with Gasteiger partial charge in [-0.3, -0.25) is 4.98 Å². The summed E-state index contributed by atoms with van der Waals surface area (Å²) in [7, 11) is 0. The molecular formula is C50H51BN2O. The SMILES string of the molecule is CC(C)(C)c1ccc2c(c1)B1c3cc(C(C)(C)C)cc4c3N(c3ccc(C(C)(C)C)cc3C4(C)C)c3cc(-c4cccc(-c5ccccn5)c4)cc(c31)O2. The van der Waals surface area contributed by atoms with Crippen LogP contribution in [0.4, 0.5) is 17.1 Å². The van der Waals surface area contributed by atoms with Crippen molar-refractivity contribution in [3.63, 3.8) is 0 Å². The van der Waals surface area contributed by atoms with Crippen LogP contribution in [-0.2, 0) is 21.7 Å². The molecule has 3 nitrogen and oxygen atoms in total. The normalized spacial score (nSPS) is 15.2. The van der Waals surface area contributed by atoms with E-state index in [1.54, 1.807) is 0 Å². The van der Waals surface area contributed by atoms with Gasteiger partial charge in [-0.05, 0) is 114 Å². The Morgan fingerprint density at radius 1 is 0.556 bits per heavy atom. The molecule has 0 N–H and O–H groups in total. The van der Waals surface area contributed by atoms with Gasteiger partial charge >= 0.3 is 0 Å². The molecule has 0 unspecified atom stereocenters. The third-order valence-electron chi connectivity index (χ3n) is 12.2. The van der Waals surface area contributed by atoms with Crippen molar-refractivity contribution in [1.29, 1.82) is 0 Å². The molecule has 0 amide bonds. The molecule has 54 heavy (non-hydrogen) atoms. The molecule has 0 spiro atoms. The number of pyridine rings is 1. The van der Waals surface area contributed by atoms with E-state index >= 15 is 0 Å². The molecule has 0 fully saturated rings. The van der Waals surface area contributed by atoms with Crippen LogP contribution < -0.4 is 26.0 Å². The molecule has 0 aliphatic carbocycles. The predicted octanol–water partition coefficient (Wildman–Crippen LogP) is 11.4. The molecule has 6 aromatic rings. The minimum atomic E-state index is -0.228. The Bertz CT molecular complexity index is 2510. The summed E-state index contributed by atoms with van der Waals surface area (Å²) >= 11 is 0. The zero-order valence-corrected chi connectivity index (χ0v) is 33.8. The Morgan fingerprint density at radius 3 is 1.93 bits per heavy atom. The summed E-state index contributed by atoms with van der Waals surface area (Å²) in [6.45, 7) is 25.8. The minimum Gasteiger partial charge on any atom is -0.458 e. The van der Waals surface area contributed by atoms with Gasteiger partial charge in [-0.25, -0.2) is 0 Å². The van der Waals surface area contributed by atoms with E-state index in [0.29, 0.717) is 0 Å². The smallest absolute Gasteiger partial charge is 0.256 e. The van der Waals surface area contributed by atoms with E-state index in [1.807, 2.05) is 12.3 Å². The number of hydrogen-bond donors (Lipinski definition) is 0. The van der Waals surface area contributed by atoms with Crippen LogP contribution >= 0.6 is 0 Å². The van der Waals surface area contributed by atoms with Crippen molar-refractivity contribution in [3.05, 3.63) is 137 Å². The summed E-state index contributed by atoms with van der Waals surface area (Å²) in [6, 6.07) is 38.8. The fourth-order valence-electron chi connectivity index (χ4n) is 8.91. The van der Waals surface area contributed by atoms with E-state index in [0.717, 1.165) is 33.9 Å². The standard InChI is InChI=1S/C50H51BN2O/c1-47(2,3)33-18-20-41-36(26-33)50(10,11)37-27-35(49(7,8)9)29-39-46(37)53(41)42-24-32(30-15-14-16-31(23-30)40-17-12-13-22-52-40)25-44-45(42)51(39)38-28-34(48(4,5)6)19-21-43(38)54-44/h12-29H,1-11H3. The topological polar surface area (TPSA) is 25.4 Å². The van der Waals surface area contributed by atoms with Crippen LogP contribution in [0.2, 0.25) is 0 Å². The molecule has 3 aliphatic rings. The van der Waals surface area contributed by atoms with Crippen LogP contribution in [0, 0.1) is 0 Å². The highest BCUT2D eigenvalue weighted by atomic mass is 16.5. The number of nitrogens with zero attached hydrogens (tertiary/aromatic N) is 2. The average Bonchev–Trinajstić information content (AvgIpc) is 3.12. The van der Waals surface area contributed by atoms with E-state index in [2.05, 4.69) is 183 Å². The van der Waals surface area contributed by atoms with Gasteiger partial charge in [-0.2, -0.15) is 0 Å². The maximum Gasteiger partial charge on any atom is 0.256 e. The van der Waals surface area contributed by atoms with Crippen molar-refractivity contribution >= 4 is 40.2 Å². The number of benzene rings is 5. The first-order valence-electron chi connectivity index (χ1n) is 19.6. The van der Waals surface area contributed by atoms with Gasteiger partial charge in [0.25, 0.3) is 6.71 Å². The Labute approximate surface area is 322 Å². The van der Waals surface area contributed by atoms with Gasteiger partial charge in [-0.1, -0.05) is 137 Å². The van der Waals surface area contributed by atoms with Crippen LogP contribution in [0.1, 0.15) is 104 Å². The minimum absolute atomic E-state index is 0.000295. The van der Waals surface area contributed by atoms with Gasteiger partial charge in [0.2, 0.25) is 0 Å². The molecule has 5 aromatic carbocycles. The molecule has 3 aliphatic heterocycles. The zero-order valence-electron chi connectivity index (χ0n) is 33.8. The highest BCUT2D eigenvalue weighted by molar-refractivity contribution is 6.99. The number of fused-ring (bicyclic) bond motifs is 6. The van der Waals surface area contributed by atoms with Gasteiger partial charge < -0.3 is 9.64 Å². The zero-order chi connectivity index (χ0) is 38.1. The number of ether oxygens (including phenoxy) is 1. The molecule has 4 heterocycles. The average molecular weight is 707 g/mol. The first-order valence-corrected chi connectivity index (χ1v) is 19.6. The lowest BCUT2D eigenvalue weighted by Gasteiger charge is -2.49. The van der Waals surface area contributed by atoms with Gasteiger partial charge in [-0.15, -0.1) is 0 Å². The Balaban J connectivity index is 1.38. The molecule has 0 radical (unpaired) electrons. The first kappa shape index (κ1) is 34.7. The number of hydrogen-bond acceptors (Lipinski definition) is 3. The second kappa shape index (κ2) is 11.5. The molecule has 0 atom stereocenters. The largest absolute Gasteiger partial charge is 0.458 e. The molecule has 1 aromatic heterocycles. The van der Waals surface area contributed by atoms with Gasteiger partial charge in [0.05, 0.1) is 11.4 Å². The molecule has 0 bridgehead atoms. The Morgan fingerprint density at radius 2 is 1.22 bits per heavy atom. The third kappa shape index (κ3) is 5.28. The molecule has 270 valence electrons. The number of anilines is 3. The van der Waals surface area contributed by atoms with Gasteiger partial charge in [0, 0.05) is 28.6 Å². The molecular weight excluding hydrogens is 655 g/mol. The monoisotopic (exact) mass is 706 g/mol. The van der Waals surface area contributed by atoms with E-state index < -0.39 is 0 Å². The van der Waals surface area contributed by atoms with Crippen molar-refractivity contribution in [1.82, 2.24) is 4.98 Å². The molecule has 4 heteroatoms. The van der Waals surface area contributed by atoms with Crippen LogP contribution in [0.5, 0.6) is 11.5 Å². The summed E-state index contributed by atoms with van der Waals surface area (Å²) in [4.78, 5) is 7.27. The quantitative estimate of drug-likeness (QED) is 0.167. The maximum absolute atomic E-state index is 7.08. The summed E-state index contributed by atoms with van der Waals surface area (Å²) in [5.74, 6) is 1.87. The number of rotatable bonds is 2. The summed E-state index contributed by atoms with van der Waals surface area (Å²) in [5, 5.41) is 0. The van der Waals surface area contributed by atoms with Crippen LogP contribution in [0.25, 0.3) is 22.4 Å². The summed E-state index contributed by atoms with van der Waals surface area (Å²) in [5.41, 5.74) is 18.5. The second-order valence-corrected chi connectivity index (χ2v) is 19.4. The third-order valence-corrected chi connectivity index (χ3v) is 12.2. The fourth-order valence-corrected chi connectivity index (χ4v) is 8.91. The maximum atomic E-state index is 7.08. The molecule has 0 saturated carbocycles. The summed E-state index contributed by atoms with van der Waals surface area (Å²) < 4.78 is 7.08. The van der Waals surface area contributed by atoms with E-state index in [4.69, 9.17) is 4.74 Å². The van der Waals surface area contributed by atoms with Crippen molar-refractivity contribution in [3.8, 4) is 33.9 Å². The summed E-state index contributed by atoms with van der Waals surface area (Å²) in [6.07, 6.45) is 1.86. The van der Waals surface area contributed by atoms with Crippen LogP contribution in [0.3, 0.4) is 0 Å².